The maximum atomic E-state index is 13.8. The van der Waals surface area contributed by atoms with Gasteiger partial charge >= 0.3 is 6.18 Å². The number of halogens is 4. The van der Waals surface area contributed by atoms with Crippen molar-refractivity contribution in [2.24, 2.45) is 4.99 Å². The van der Waals surface area contributed by atoms with E-state index in [9.17, 15) is 17.6 Å². The monoisotopic (exact) mass is 371 g/mol. The summed E-state index contributed by atoms with van der Waals surface area (Å²) in [4.78, 5) is 5.63. The Hall–Kier alpha value is -2.34. The van der Waals surface area contributed by atoms with Gasteiger partial charge in [-0.2, -0.15) is 18.4 Å². The Labute approximate surface area is 149 Å². The third kappa shape index (κ3) is 6.19. The number of alkyl halides is 3. The van der Waals surface area contributed by atoms with Crippen LogP contribution in [0.2, 0.25) is 0 Å². The summed E-state index contributed by atoms with van der Waals surface area (Å²) in [5, 5.41) is 15.0. The fourth-order valence-corrected chi connectivity index (χ4v) is 2.79. The normalized spacial score (nSPS) is 18.6. The topological polar surface area (TPSA) is 63.5 Å². The van der Waals surface area contributed by atoms with Gasteiger partial charge in [0.25, 0.3) is 0 Å². The van der Waals surface area contributed by atoms with Gasteiger partial charge in [-0.3, -0.25) is 4.90 Å². The molecule has 0 aliphatic carbocycles. The Kier molecular flexibility index (Phi) is 6.80. The van der Waals surface area contributed by atoms with E-state index < -0.39 is 18.5 Å². The predicted molar refractivity (Wildman–Crippen MR) is 90.0 cm³/mol. The van der Waals surface area contributed by atoms with Crippen molar-refractivity contribution in [1.29, 1.82) is 5.26 Å². The zero-order chi connectivity index (χ0) is 19.2. The second kappa shape index (κ2) is 8.85. The lowest BCUT2D eigenvalue weighted by molar-refractivity contribution is -0.143. The molecule has 26 heavy (non-hydrogen) atoms. The van der Waals surface area contributed by atoms with Crippen molar-refractivity contribution >= 4 is 5.96 Å². The van der Waals surface area contributed by atoms with Crippen molar-refractivity contribution in [3.63, 3.8) is 0 Å². The van der Waals surface area contributed by atoms with E-state index >= 15 is 0 Å². The van der Waals surface area contributed by atoms with Crippen LogP contribution in [0.4, 0.5) is 17.6 Å². The summed E-state index contributed by atoms with van der Waals surface area (Å²) in [7, 11) is 0. The molecule has 1 atom stereocenters. The first-order chi connectivity index (χ1) is 12.3. The summed E-state index contributed by atoms with van der Waals surface area (Å²) < 4.78 is 51.2. The van der Waals surface area contributed by atoms with E-state index in [0.29, 0.717) is 31.0 Å². The molecule has 0 aromatic heterocycles. The lowest BCUT2D eigenvalue weighted by Gasteiger charge is -2.19. The van der Waals surface area contributed by atoms with Crippen LogP contribution in [0.5, 0.6) is 0 Å². The number of nitriles is 1. The van der Waals surface area contributed by atoms with E-state index in [-0.39, 0.29) is 24.7 Å². The molecule has 1 aliphatic heterocycles. The zero-order valence-electron chi connectivity index (χ0n) is 14.4. The van der Waals surface area contributed by atoms with Gasteiger partial charge < -0.3 is 10.6 Å². The minimum absolute atomic E-state index is 0.0235. The van der Waals surface area contributed by atoms with E-state index in [1.54, 1.807) is 0 Å². The summed E-state index contributed by atoms with van der Waals surface area (Å²) >= 11 is 0. The van der Waals surface area contributed by atoms with E-state index in [4.69, 9.17) is 5.26 Å². The van der Waals surface area contributed by atoms with Crippen molar-refractivity contribution < 1.29 is 17.6 Å². The van der Waals surface area contributed by atoms with Crippen molar-refractivity contribution in [2.45, 2.75) is 32.1 Å². The first kappa shape index (κ1) is 20.0. The molecule has 0 amide bonds. The van der Waals surface area contributed by atoms with Crippen LogP contribution in [0.25, 0.3) is 0 Å². The summed E-state index contributed by atoms with van der Waals surface area (Å²) in [6.45, 7) is 2.14. The number of nitrogens with one attached hydrogen (secondary N) is 2. The molecule has 1 unspecified atom stereocenters. The summed E-state index contributed by atoms with van der Waals surface area (Å²) in [6, 6.07) is 5.82. The lowest BCUT2D eigenvalue weighted by atomic mass is 10.1. The molecule has 5 nitrogen and oxygen atoms in total. The highest BCUT2D eigenvalue weighted by atomic mass is 19.4. The number of rotatable bonds is 5. The molecule has 9 heteroatoms. The average Bonchev–Trinajstić information content (AvgIpc) is 2.99. The number of nitrogens with zero attached hydrogens (tertiary/aromatic N) is 3. The first-order valence-electron chi connectivity index (χ1n) is 8.33. The molecule has 0 radical (unpaired) electrons. The Morgan fingerprint density at radius 3 is 2.85 bits per heavy atom. The number of hydrogen-bond donors (Lipinski definition) is 2. The smallest absolute Gasteiger partial charge is 0.357 e. The van der Waals surface area contributed by atoms with E-state index in [0.717, 1.165) is 0 Å². The summed E-state index contributed by atoms with van der Waals surface area (Å²) in [6.07, 6.45) is -3.64. The predicted octanol–water partition coefficient (Wildman–Crippen LogP) is 2.39. The molecule has 142 valence electrons. The molecule has 1 fully saturated rings. The number of guanidine groups is 1. The van der Waals surface area contributed by atoms with Crippen LogP contribution in [-0.2, 0) is 6.54 Å². The van der Waals surface area contributed by atoms with Crippen LogP contribution >= 0.6 is 0 Å². The number of benzene rings is 1. The van der Waals surface area contributed by atoms with Crippen molar-refractivity contribution in [3.05, 3.63) is 35.1 Å². The summed E-state index contributed by atoms with van der Waals surface area (Å²) in [5.41, 5.74) is 0.625. The lowest BCUT2D eigenvalue weighted by Crippen LogP contribution is -2.45. The third-order valence-electron chi connectivity index (χ3n) is 3.94. The van der Waals surface area contributed by atoms with Gasteiger partial charge in [0.2, 0.25) is 0 Å². The maximum absolute atomic E-state index is 13.8. The molecule has 2 N–H and O–H groups in total. The molecule has 1 heterocycles. The Morgan fingerprint density at radius 2 is 2.19 bits per heavy atom. The number of likely N-dealkylation sites (tertiary alicyclic amines) is 1. The van der Waals surface area contributed by atoms with Crippen LogP contribution in [0.1, 0.15) is 24.5 Å². The van der Waals surface area contributed by atoms with Crippen LogP contribution in [0, 0.1) is 17.1 Å². The molecule has 0 spiro atoms. The van der Waals surface area contributed by atoms with E-state index in [1.165, 1.54) is 23.1 Å². The molecule has 0 bridgehead atoms. The van der Waals surface area contributed by atoms with Crippen molar-refractivity contribution in [1.82, 2.24) is 15.5 Å². The maximum Gasteiger partial charge on any atom is 0.401 e. The zero-order valence-corrected chi connectivity index (χ0v) is 14.4. The van der Waals surface area contributed by atoms with Gasteiger partial charge in [-0.05, 0) is 31.5 Å². The Morgan fingerprint density at radius 1 is 1.42 bits per heavy atom. The Bertz CT molecular complexity index is 681. The minimum atomic E-state index is -4.21. The second-order valence-electron chi connectivity index (χ2n) is 6.09. The van der Waals surface area contributed by atoms with Gasteiger partial charge in [0.15, 0.2) is 5.96 Å². The van der Waals surface area contributed by atoms with Gasteiger partial charge in [0, 0.05) is 31.2 Å². The quantitative estimate of drug-likeness (QED) is 0.474. The van der Waals surface area contributed by atoms with Gasteiger partial charge in [0.1, 0.15) is 5.82 Å². The van der Waals surface area contributed by atoms with Crippen molar-refractivity contribution in [2.75, 3.05) is 26.2 Å². The molecular formula is C17H21F4N5. The number of hydrogen-bond acceptors (Lipinski definition) is 3. The minimum Gasteiger partial charge on any atom is -0.357 e. The third-order valence-corrected chi connectivity index (χ3v) is 3.94. The van der Waals surface area contributed by atoms with Crippen LogP contribution < -0.4 is 10.6 Å². The average molecular weight is 371 g/mol. The standard InChI is InChI=1S/C17H21F4N5/c1-2-23-16(24-9-13-7-12(8-22)3-4-15(13)18)25-14-5-6-26(10-14)11-17(19,20)21/h3-4,7,14H,2,5-6,9-11H2,1H3,(H2,23,24,25). The van der Waals surface area contributed by atoms with E-state index in [1.807, 2.05) is 13.0 Å². The fraction of sp³-hybridized carbons (Fsp3) is 0.529. The Balaban J connectivity index is 1.98. The molecule has 1 saturated heterocycles. The fourth-order valence-electron chi connectivity index (χ4n) is 2.79. The van der Waals surface area contributed by atoms with Crippen LogP contribution in [0.3, 0.4) is 0 Å². The van der Waals surface area contributed by atoms with Gasteiger partial charge in [0.05, 0.1) is 24.7 Å². The van der Waals surface area contributed by atoms with Crippen LogP contribution in [0.15, 0.2) is 23.2 Å². The van der Waals surface area contributed by atoms with Crippen LogP contribution in [-0.4, -0.2) is 49.3 Å². The van der Waals surface area contributed by atoms with Gasteiger partial charge in [-0.15, -0.1) is 0 Å². The molecule has 0 saturated carbocycles. The molecular weight excluding hydrogens is 350 g/mol. The molecule has 1 aromatic carbocycles. The molecule has 2 rings (SSSR count). The SMILES string of the molecule is CCNC(=NCc1cc(C#N)ccc1F)NC1CCN(CC(F)(F)F)C1. The second-order valence-corrected chi connectivity index (χ2v) is 6.09. The van der Waals surface area contributed by atoms with Crippen molar-refractivity contribution in [3.8, 4) is 6.07 Å². The largest absolute Gasteiger partial charge is 0.401 e. The van der Waals surface area contributed by atoms with Gasteiger partial charge in [-0.25, -0.2) is 9.38 Å². The van der Waals surface area contributed by atoms with Gasteiger partial charge in [-0.1, -0.05) is 0 Å². The summed E-state index contributed by atoms with van der Waals surface area (Å²) in [5.74, 6) is -0.0473. The highest BCUT2D eigenvalue weighted by molar-refractivity contribution is 5.80. The van der Waals surface area contributed by atoms with E-state index in [2.05, 4.69) is 15.6 Å². The number of aliphatic imine (C=N–C) groups is 1. The molecule has 1 aliphatic rings. The first-order valence-corrected chi connectivity index (χ1v) is 8.33. The molecule has 1 aromatic rings. The highest BCUT2D eigenvalue weighted by Crippen LogP contribution is 2.20. The highest BCUT2D eigenvalue weighted by Gasteiger charge is 2.34.